The Balaban J connectivity index is 1.53. The van der Waals surface area contributed by atoms with Crippen molar-refractivity contribution in [3.05, 3.63) is 140 Å². The maximum absolute atomic E-state index is 2.35. The number of benzene rings is 6. The first-order chi connectivity index (χ1) is 16.4. The van der Waals surface area contributed by atoms with Crippen molar-refractivity contribution in [3.63, 3.8) is 0 Å². The fourth-order valence-corrected chi connectivity index (χ4v) is 4.60. The van der Waals surface area contributed by atoms with E-state index in [9.17, 15) is 0 Å². The predicted octanol–water partition coefficient (Wildman–Crippen LogP) is 9.13. The van der Waals surface area contributed by atoms with Crippen molar-refractivity contribution in [2.24, 2.45) is 0 Å². The van der Waals surface area contributed by atoms with Crippen molar-refractivity contribution in [2.75, 3.05) is 4.90 Å². The summed E-state index contributed by atoms with van der Waals surface area (Å²) < 4.78 is 0. The summed E-state index contributed by atoms with van der Waals surface area (Å²) in [5.74, 6) is 0. The first kappa shape index (κ1) is 19.3. The molecule has 0 aliphatic carbocycles. The van der Waals surface area contributed by atoms with Crippen LogP contribution >= 0.6 is 0 Å². The first-order valence-corrected chi connectivity index (χ1v) is 11.3. The Morgan fingerprint density at radius 1 is 0.364 bits per heavy atom. The van der Waals surface area contributed by atoms with E-state index < -0.39 is 0 Å². The van der Waals surface area contributed by atoms with Crippen LogP contribution in [-0.2, 0) is 0 Å². The molecule has 33 heavy (non-hydrogen) atoms. The Labute approximate surface area is 194 Å². The molecule has 0 N–H and O–H groups in total. The summed E-state index contributed by atoms with van der Waals surface area (Å²) in [6.07, 6.45) is 0. The highest BCUT2D eigenvalue weighted by atomic mass is 15.1. The smallest absolute Gasteiger partial charge is 0.0540 e. The number of hydrogen-bond acceptors (Lipinski definition) is 1. The SMILES string of the molecule is c1ccc(N(c2cccc(-c3ccc4ccccc4c3)c2)c2cccc3ccccc23)cc1. The molecular formula is C32H23N. The summed E-state index contributed by atoms with van der Waals surface area (Å²) in [5, 5.41) is 5.00. The van der Waals surface area contributed by atoms with Gasteiger partial charge >= 0.3 is 0 Å². The van der Waals surface area contributed by atoms with Crippen molar-refractivity contribution in [1.82, 2.24) is 0 Å². The van der Waals surface area contributed by atoms with Crippen molar-refractivity contribution in [1.29, 1.82) is 0 Å². The molecule has 0 atom stereocenters. The standard InChI is InChI=1S/C32H23N/c1-2-15-29(16-3-1)33(32-19-9-13-25-11-6-7-18-31(25)32)30-17-8-14-27(23-30)28-21-20-24-10-4-5-12-26(24)22-28/h1-23H. The number of anilines is 3. The van der Waals surface area contributed by atoms with Crippen LogP contribution in [0, 0.1) is 0 Å². The van der Waals surface area contributed by atoms with Crippen molar-refractivity contribution in [2.45, 2.75) is 0 Å². The third-order valence-corrected chi connectivity index (χ3v) is 6.21. The van der Waals surface area contributed by atoms with Gasteiger partial charge in [0.2, 0.25) is 0 Å². The lowest BCUT2D eigenvalue weighted by Crippen LogP contribution is -2.10. The van der Waals surface area contributed by atoms with E-state index in [4.69, 9.17) is 0 Å². The molecule has 6 aromatic rings. The second kappa shape index (κ2) is 8.29. The van der Waals surface area contributed by atoms with Crippen molar-refractivity contribution < 1.29 is 0 Å². The molecule has 0 heterocycles. The largest absolute Gasteiger partial charge is 0.310 e. The highest BCUT2D eigenvalue weighted by molar-refractivity contribution is 5.99. The molecule has 0 saturated heterocycles. The summed E-state index contributed by atoms with van der Waals surface area (Å²) in [5.41, 5.74) is 5.89. The average Bonchev–Trinajstić information content (AvgIpc) is 2.89. The lowest BCUT2D eigenvalue weighted by Gasteiger charge is -2.27. The molecule has 0 amide bonds. The van der Waals surface area contributed by atoms with E-state index in [0.717, 1.165) is 11.4 Å². The summed E-state index contributed by atoms with van der Waals surface area (Å²) in [6, 6.07) is 49.8. The predicted molar refractivity (Wildman–Crippen MR) is 142 cm³/mol. The second-order valence-corrected chi connectivity index (χ2v) is 8.28. The maximum atomic E-state index is 2.35. The molecule has 0 saturated carbocycles. The molecular weight excluding hydrogens is 398 g/mol. The number of fused-ring (bicyclic) bond motifs is 2. The number of rotatable bonds is 4. The first-order valence-electron chi connectivity index (χ1n) is 11.3. The molecule has 1 nitrogen and oxygen atoms in total. The third-order valence-electron chi connectivity index (χ3n) is 6.21. The van der Waals surface area contributed by atoms with E-state index in [0.29, 0.717) is 0 Å². The summed E-state index contributed by atoms with van der Waals surface area (Å²) in [7, 11) is 0. The molecule has 0 aliphatic rings. The van der Waals surface area contributed by atoms with Gasteiger partial charge in [-0.15, -0.1) is 0 Å². The van der Waals surface area contributed by atoms with Gasteiger partial charge in [-0.05, 0) is 63.7 Å². The molecule has 0 fully saturated rings. The Hall–Kier alpha value is -4.36. The van der Waals surface area contributed by atoms with Gasteiger partial charge < -0.3 is 4.90 Å². The maximum Gasteiger partial charge on any atom is 0.0540 e. The van der Waals surface area contributed by atoms with Gasteiger partial charge in [-0.1, -0.05) is 103 Å². The van der Waals surface area contributed by atoms with Gasteiger partial charge in [-0.25, -0.2) is 0 Å². The molecule has 6 rings (SSSR count). The van der Waals surface area contributed by atoms with Crippen LogP contribution in [0.2, 0.25) is 0 Å². The van der Waals surface area contributed by atoms with E-state index in [-0.39, 0.29) is 0 Å². The lowest BCUT2D eigenvalue weighted by atomic mass is 10.00. The van der Waals surface area contributed by atoms with Crippen molar-refractivity contribution in [3.8, 4) is 11.1 Å². The fourth-order valence-electron chi connectivity index (χ4n) is 4.60. The zero-order chi connectivity index (χ0) is 22.0. The van der Waals surface area contributed by atoms with E-state index >= 15 is 0 Å². The summed E-state index contributed by atoms with van der Waals surface area (Å²) in [6.45, 7) is 0. The Morgan fingerprint density at radius 3 is 1.88 bits per heavy atom. The van der Waals surface area contributed by atoms with Gasteiger partial charge in [-0.2, -0.15) is 0 Å². The molecule has 0 aliphatic heterocycles. The molecule has 0 radical (unpaired) electrons. The van der Waals surface area contributed by atoms with E-state index in [1.54, 1.807) is 0 Å². The minimum absolute atomic E-state index is 1.14. The number of para-hydroxylation sites is 1. The summed E-state index contributed by atoms with van der Waals surface area (Å²) >= 11 is 0. The van der Waals surface area contributed by atoms with Crippen LogP contribution in [0.4, 0.5) is 17.1 Å². The Kier molecular flexibility index (Phi) is 4.86. The fraction of sp³-hybridized carbons (Fsp3) is 0. The van der Waals surface area contributed by atoms with Gasteiger partial charge in [0.05, 0.1) is 5.69 Å². The highest BCUT2D eigenvalue weighted by Gasteiger charge is 2.15. The second-order valence-electron chi connectivity index (χ2n) is 8.28. The van der Waals surface area contributed by atoms with Crippen LogP contribution in [-0.4, -0.2) is 0 Å². The average molecular weight is 422 g/mol. The molecule has 156 valence electrons. The zero-order valence-electron chi connectivity index (χ0n) is 18.2. The molecule has 0 aromatic heterocycles. The monoisotopic (exact) mass is 421 g/mol. The topological polar surface area (TPSA) is 3.24 Å². The Bertz CT molecular complexity index is 1560. The van der Waals surface area contributed by atoms with E-state index in [1.165, 1.54) is 38.4 Å². The van der Waals surface area contributed by atoms with Crippen LogP contribution in [0.15, 0.2) is 140 Å². The highest BCUT2D eigenvalue weighted by Crippen LogP contribution is 2.40. The van der Waals surface area contributed by atoms with Crippen molar-refractivity contribution >= 4 is 38.6 Å². The quantitative estimate of drug-likeness (QED) is 0.274. The van der Waals surface area contributed by atoms with Gasteiger partial charge in [-0.3, -0.25) is 0 Å². The van der Waals surface area contributed by atoms with Gasteiger partial charge in [0.25, 0.3) is 0 Å². The number of hydrogen-bond donors (Lipinski definition) is 0. The Morgan fingerprint density at radius 2 is 1.00 bits per heavy atom. The van der Waals surface area contributed by atoms with Crippen LogP contribution in [0.1, 0.15) is 0 Å². The minimum atomic E-state index is 1.14. The molecule has 0 bridgehead atoms. The zero-order valence-corrected chi connectivity index (χ0v) is 18.2. The minimum Gasteiger partial charge on any atom is -0.310 e. The van der Waals surface area contributed by atoms with Gasteiger partial charge in [0.15, 0.2) is 0 Å². The lowest BCUT2D eigenvalue weighted by molar-refractivity contribution is 1.30. The molecule has 6 aromatic carbocycles. The van der Waals surface area contributed by atoms with Crippen LogP contribution in [0.5, 0.6) is 0 Å². The third kappa shape index (κ3) is 3.64. The van der Waals surface area contributed by atoms with E-state index in [2.05, 4.69) is 144 Å². The van der Waals surface area contributed by atoms with Crippen LogP contribution in [0.3, 0.4) is 0 Å². The van der Waals surface area contributed by atoms with E-state index in [1.807, 2.05) is 0 Å². The summed E-state index contributed by atoms with van der Waals surface area (Å²) in [4.78, 5) is 2.35. The number of nitrogens with zero attached hydrogens (tertiary/aromatic N) is 1. The molecule has 1 heteroatoms. The molecule has 0 spiro atoms. The van der Waals surface area contributed by atoms with Gasteiger partial charge in [0.1, 0.15) is 0 Å². The normalized spacial score (nSPS) is 11.0. The van der Waals surface area contributed by atoms with Gasteiger partial charge in [0, 0.05) is 16.8 Å². The van der Waals surface area contributed by atoms with Crippen LogP contribution in [0.25, 0.3) is 32.7 Å². The molecule has 0 unspecified atom stereocenters. The van der Waals surface area contributed by atoms with Crippen LogP contribution < -0.4 is 4.90 Å².